The fourth-order valence-electron chi connectivity index (χ4n) is 4.16. The number of nitrogens with zero attached hydrogens (tertiary/aromatic N) is 5. The number of nitrogens with one attached hydrogen (secondary N) is 2. The van der Waals surface area contributed by atoms with Crippen molar-refractivity contribution < 1.29 is 13.2 Å². The number of aromatic nitrogens is 5. The Bertz CT molecular complexity index is 1280. The van der Waals surface area contributed by atoms with E-state index in [-0.39, 0.29) is 4.90 Å². The van der Waals surface area contributed by atoms with E-state index >= 15 is 0 Å². The molecule has 1 fully saturated rings. The van der Waals surface area contributed by atoms with E-state index in [0.29, 0.717) is 34.2 Å². The molecule has 34 heavy (non-hydrogen) atoms. The third-order valence-electron chi connectivity index (χ3n) is 5.74. The van der Waals surface area contributed by atoms with E-state index < -0.39 is 11.9 Å². The number of benzene rings is 1. The van der Waals surface area contributed by atoms with Gasteiger partial charge in [0.1, 0.15) is 5.03 Å². The number of hydrogen-bond donors (Lipinski definition) is 2. The average Bonchev–Trinajstić information content (AvgIpc) is 3.46. The summed E-state index contributed by atoms with van der Waals surface area (Å²) in [6, 6.07) is 13.6. The number of aromatic amines is 1. The van der Waals surface area contributed by atoms with Crippen LogP contribution in [-0.4, -0.2) is 45.1 Å². The van der Waals surface area contributed by atoms with E-state index in [2.05, 4.69) is 54.5 Å². The van der Waals surface area contributed by atoms with Crippen molar-refractivity contribution in [1.82, 2.24) is 30.2 Å². The first kappa shape index (κ1) is 22.6. The van der Waals surface area contributed by atoms with Crippen molar-refractivity contribution in [3.8, 4) is 0 Å². The molecule has 3 aromatic heterocycles. The van der Waals surface area contributed by atoms with Crippen molar-refractivity contribution in [3.63, 3.8) is 0 Å². The first-order valence-electron chi connectivity index (χ1n) is 10.8. The molecule has 1 saturated heterocycles. The van der Waals surface area contributed by atoms with Gasteiger partial charge in [-0.3, -0.25) is 4.98 Å². The van der Waals surface area contributed by atoms with Crippen molar-refractivity contribution in [3.05, 3.63) is 66.1 Å². The van der Waals surface area contributed by atoms with E-state index in [4.69, 9.17) is 0 Å². The average molecular weight is 486 g/mol. The zero-order chi connectivity index (χ0) is 23.7. The quantitative estimate of drug-likeness (QED) is 0.410. The van der Waals surface area contributed by atoms with Crippen LogP contribution in [0.25, 0.3) is 11.3 Å². The fraction of sp³-hybridized carbons (Fsp3) is 0.304. The van der Waals surface area contributed by atoms with Crippen LogP contribution in [-0.2, 0) is 6.18 Å². The van der Waals surface area contributed by atoms with Crippen molar-refractivity contribution in [2.45, 2.75) is 28.6 Å². The number of fused-ring (bicyclic) bond motifs is 1. The molecule has 0 aliphatic carbocycles. The molecular formula is C23H22F3N7S. The van der Waals surface area contributed by atoms with Gasteiger partial charge in [-0.05, 0) is 30.0 Å². The molecule has 0 bridgehead atoms. The lowest BCUT2D eigenvalue weighted by Crippen LogP contribution is -2.27. The molecule has 0 saturated carbocycles. The highest BCUT2D eigenvalue weighted by Crippen LogP contribution is 2.37. The lowest BCUT2D eigenvalue weighted by atomic mass is 10.00. The van der Waals surface area contributed by atoms with Gasteiger partial charge in [0.25, 0.3) is 0 Å². The van der Waals surface area contributed by atoms with Gasteiger partial charge < -0.3 is 15.2 Å². The van der Waals surface area contributed by atoms with Crippen LogP contribution in [0.15, 0.2) is 64.8 Å². The number of hydrogen-bond acceptors (Lipinski definition) is 7. The van der Waals surface area contributed by atoms with Gasteiger partial charge in [0.05, 0.1) is 6.20 Å². The minimum Gasteiger partial charge on any atom is -0.345 e. The van der Waals surface area contributed by atoms with Crippen LogP contribution in [0.2, 0.25) is 0 Å². The molecule has 2 unspecified atom stereocenters. The standard InChI is InChI=1S/C23H22F3N7S/c1-33(13-14-10-16(28-11-14)15-6-3-2-4-7-15)22-31-20-21(32-22)30-18(12-29-20)34-17-8-5-9-27-19(17)23(24,25)26/h2-9,12,14,16,28H,10-11,13H2,1H3,(H,29,30,31,32). The zero-order valence-corrected chi connectivity index (χ0v) is 19.1. The Morgan fingerprint density at radius 1 is 1.09 bits per heavy atom. The number of H-pyrrole nitrogens is 1. The van der Waals surface area contributed by atoms with Gasteiger partial charge in [0.15, 0.2) is 17.0 Å². The van der Waals surface area contributed by atoms with E-state index in [1.54, 1.807) is 0 Å². The normalized spacial score (nSPS) is 18.5. The molecule has 4 heterocycles. The van der Waals surface area contributed by atoms with Gasteiger partial charge >= 0.3 is 6.18 Å². The van der Waals surface area contributed by atoms with Gasteiger partial charge in [-0.1, -0.05) is 42.1 Å². The van der Waals surface area contributed by atoms with E-state index in [1.165, 1.54) is 23.9 Å². The Morgan fingerprint density at radius 3 is 2.71 bits per heavy atom. The summed E-state index contributed by atoms with van der Waals surface area (Å²) in [5.41, 5.74) is 1.19. The van der Waals surface area contributed by atoms with Gasteiger partial charge in [0.2, 0.25) is 5.95 Å². The highest BCUT2D eigenvalue weighted by molar-refractivity contribution is 7.99. The SMILES string of the molecule is CN(CC1CNC(c2ccccc2)C1)c1nc2ncc(Sc3cccnc3C(F)(F)F)nc2[nH]1. The Balaban J connectivity index is 1.28. The second kappa shape index (κ2) is 9.22. The van der Waals surface area contributed by atoms with Crippen LogP contribution in [0.1, 0.15) is 23.7 Å². The predicted molar refractivity (Wildman–Crippen MR) is 124 cm³/mol. The highest BCUT2D eigenvalue weighted by atomic mass is 32.2. The topological polar surface area (TPSA) is 82.6 Å². The number of alkyl halides is 3. The summed E-state index contributed by atoms with van der Waals surface area (Å²) in [6.45, 7) is 1.70. The van der Waals surface area contributed by atoms with E-state index in [9.17, 15) is 13.2 Å². The van der Waals surface area contributed by atoms with Gasteiger partial charge in [-0.2, -0.15) is 18.2 Å². The Morgan fingerprint density at radius 2 is 1.91 bits per heavy atom. The molecule has 1 aromatic carbocycles. The third kappa shape index (κ3) is 4.85. The molecule has 7 nitrogen and oxygen atoms in total. The molecule has 11 heteroatoms. The summed E-state index contributed by atoms with van der Waals surface area (Å²) in [5.74, 6) is 1.07. The molecule has 4 aromatic rings. The van der Waals surface area contributed by atoms with Gasteiger partial charge in [0, 0.05) is 37.3 Å². The molecule has 1 aliphatic rings. The van der Waals surface area contributed by atoms with Crippen LogP contribution in [0, 0.1) is 5.92 Å². The summed E-state index contributed by atoms with van der Waals surface area (Å²) >= 11 is 0.872. The largest absolute Gasteiger partial charge is 0.434 e. The molecular weight excluding hydrogens is 463 g/mol. The van der Waals surface area contributed by atoms with Crippen LogP contribution >= 0.6 is 11.8 Å². The molecule has 2 N–H and O–H groups in total. The Kier molecular flexibility index (Phi) is 6.13. The van der Waals surface area contributed by atoms with Crippen LogP contribution in [0.3, 0.4) is 0 Å². The predicted octanol–water partition coefficient (Wildman–Crippen LogP) is 4.70. The molecule has 176 valence electrons. The van der Waals surface area contributed by atoms with Crippen molar-refractivity contribution in [2.24, 2.45) is 5.92 Å². The Hall–Kier alpha value is -3.18. The smallest absolute Gasteiger partial charge is 0.345 e. The summed E-state index contributed by atoms with van der Waals surface area (Å²) in [7, 11) is 1.95. The minimum absolute atomic E-state index is 0.0257. The molecule has 2 atom stereocenters. The molecule has 1 aliphatic heterocycles. The second-order valence-electron chi connectivity index (χ2n) is 8.24. The number of halogens is 3. The maximum absolute atomic E-state index is 13.2. The monoisotopic (exact) mass is 485 g/mol. The highest BCUT2D eigenvalue weighted by Gasteiger charge is 2.35. The maximum atomic E-state index is 13.2. The van der Waals surface area contributed by atoms with Crippen molar-refractivity contribution in [1.29, 1.82) is 0 Å². The molecule has 0 spiro atoms. The van der Waals surface area contributed by atoms with Crippen LogP contribution in [0.4, 0.5) is 19.1 Å². The first-order valence-corrected chi connectivity index (χ1v) is 11.6. The van der Waals surface area contributed by atoms with E-state index in [0.717, 1.165) is 37.5 Å². The van der Waals surface area contributed by atoms with Crippen molar-refractivity contribution >= 4 is 29.0 Å². The van der Waals surface area contributed by atoms with Crippen LogP contribution in [0.5, 0.6) is 0 Å². The van der Waals surface area contributed by atoms with Gasteiger partial charge in [-0.15, -0.1) is 0 Å². The second-order valence-corrected chi connectivity index (χ2v) is 9.31. The molecule has 0 radical (unpaired) electrons. The summed E-state index contributed by atoms with van der Waals surface area (Å²) < 4.78 is 39.7. The van der Waals surface area contributed by atoms with Gasteiger partial charge in [-0.25, -0.2) is 9.97 Å². The first-order chi connectivity index (χ1) is 16.4. The lowest BCUT2D eigenvalue weighted by Gasteiger charge is -2.19. The zero-order valence-electron chi connectivity index (χ0n) is 18.3. The summed E-state index contributed by atoms with van der Waals surface area (Å²) in [6.07, 6.45) is -0.963. The van der Waals surface area contributed by atoms with Crippen molar-refractivity contribution in [2.75, 3.05) is 25.0 Å². The van der Waals surface area contributed by atoms with Crippen LogP contribution < -0.4 is 10.2 Å². The molecule has 5 rings (SSSR count). The number of anilines is 1. The summed E-state index contributed by atoms with van der Waals surface area (Å²) in [4.78, 5) is 21.9. The number of pyridine rings is 1. The number of rotatable bonds is 6. The summed E-state index contributed by atoms with van der Waals surface area (Å²) in [5, 5.41) is 3.91. The lowest BCUT2D eigenvalue weighted by molar-refractivity contribution is -0.143. The minimum atomic E-state index is -4.54. The Labute approximate surface area is 198 Å². The third-order valence-corrected chi connectivity index (χ3v) is 6.70. The molecule has 0 amide bonds. The number of imidazole rings is 1. The fourth-order valence-corrected chi connectivity index (χ4v) is 5.04. The van der Waals surface area contributed by atoms with E-state index in [1.807, 2.05) is 18.0 Å². The maximum Gasteiger partial charge on any atom is 0.434 e.